The van der Waals surface area contributed by atoms with E-state index >= 15 is 0 Å². The average Bonchev–Trinajstić information content (AvgIpc) is 2.91. The van der Waals surface area contributed by atoms with Gasteiger partial charge in [-0.3, -0.25) is 4.79 Å². The number of aromatic nitrogens is 1. The van der Waals surface area contributed by atoms with Gasteiger partial charge in [-0.25, -0.2) is 0 Å². The maximum atomic E-state index is 12.3. The molecule has 0 fully saturated rings. The van der Waals surface area contributed by atoms with E-state index in [0.29, 0.717) is 31.7 Å². The Morgan fingerprint density at radius 3 is 2.68 bits per heavy atom. The van der Waals surface area contributed by atoms with E-state index in [1.807, 2.05) is 30.7 Å². The first-order valence-electron chi connectivity index (χ1n) is 6.70. The number of hydrogen-bond donors (Lipinski definition) is 2. The number of nitrogens with zero attached hydrogens (tertiary/aromatic N) is 1. The molecule has 0 spiro atoms. The minimum Gasteiger partial charge on any atom is -0.394 e. The highest BCUT2D eigenvalue weighted by molar-refractivity contribution is 5.93. The van der Waals surface area contributed by atoms with Crippen LogP contribution in [-0.2, 0) is 11.3 Å². The van der Waals surface area contributed by atoms with Crippen molar-refractivity contribution in [3.05, 3.63) is 24.0 Å². The Labute approximate surface area is 114 Å². The lowest BCUT2D eigenvalue weighted by Crippen LogP contribution is -2.50. The molecule has 0 radical (unpaired) electrons. The molecule has 0 saturated heterocycles. The standard InChI is InChI=1S/C14H24N2O3/c1-4-14(5-2,11-17)15-13(18)12-7-6-8-16(12)9-10-19-3/h6-8,17H,4-5,9-11H2,1-3H3,(H,15,18). The summed E-state index contributed by atoms with van der Waals surface area (Å²) in [6.07, 6.45) is 3.25. The van der Waals surface area contributed by atoms with Gasteiger partial charge in [-0.15, -0.1) is 0 Å². The third-order valence-electron chi connectivity index (χ3n) is 3.63. The second-order valence-corrected chi connectivity index (χ2v) is 4.68. The minimum absolute atomic E-state index is 0.0511. The molecule has 0 bridgehead atoms. The number of rotatable bonds is 8. The normalized spacial score (nSPS) is 11.6. The number of carbonyl (C=O) groups excluding carboxylic acids is 1. The van der Waals surface area contributed by atoms with Crippen LogP contribution in [0.5, 0.6) is 0 Å². The first kappa shape index (κ1) is 15.7. The maximum absolute atomic E-state index is 12.3. The summed E-state index contributed by atoms with van der Waals surface area (Å²) >= 11 is 0. The predicted octanol–water partition coefficient (Wildman–Crippen LogP) is 1.42. The maximum Gasteiger partial charge on any atom is 0.268 e. The van der Waals surface area contributed by atoms with Crippen LogP contribution in [0.25, 0.3) is 0 Å². The predicted molar refractivity (Wildman–Crippen MR) is 74.2 cm³/mol. The Hall–Kier alpha value is -1.33. The number of amides is 1. The molecule has 19 heavy (non-hydrogen) atoms. The summed E-state index contributed by atoms with van der Waals surface area (Å²) in [5, 5.41) is 12.4. The van der Waals surface area contributed by atoms with Gasteiger partial charge in [-0.05, 0) is 25.0 Å². The molecular weight excluding hydrogens is 244 g/mol. The molecular formula is C14H24N2O3. The summed E-state index contributed by atoms with van der Waals surface area (Å²) in [6, 6.07) is 3.61. The van der Waals surface area contributed by atoms with Crippen LogP contribution in [-0.4, -0.2) is 41.4 Å². The van der Waals surface area contributed by atoms with Gasteiger partial charge >= 0.3 is 0 Å². The summed E-state index contributed by atoms with van der Waals surface area (Å²) in [4.78, 5) is 12.3. The summed E-state index contributed by atoms with van der Waals surface area (Å²) in [5.74, 6) is -0.154. The molecule has 0 aliphatic heterocycles. The van der Waals surface area contributed by atoms with Crippen molar-refractivity contribution in [3.63, 3.8) is 0 Å². The van der Waals surface area contributed by atoms with E-state index in [9.17, 15) is 9.90 Å². The molecule has 0 aromatic carbocycles. The quantitative estimate of drug-likeness (QED) is 0.749. The highest BCUT2D eigenvalue weighted by Crippen LogP contribution is 2.15. The summed E-state index contributed by atoms with van der Waals surface area (Å²) < 4.78 is 6.88. The van der Waals surface area contributed by atoms with Crippen LogP contribution in [0.15, 0.2) is 18.3 Å². The van der Waals surface area contributed by atoms with Crippen molar-refractivity contribution in [3.8, 4) is 0 Å². The molecule has 1 heterocycles. The van der Waals surface area contributed by atoms with E-state index in [0.717, 1.165) is 0 Å². The van der Waals surface area contributed by atoms with Gasteiger partial charge in [0.2, 0.25) is 0 Å². The van der Waals surface area contributed by atoms with Crippen LogP contribution in [0.2, 0.25) is 0 Å². The van der Waals surface area contributed by atoms with Gasteiger partial charge in [0.05, 0.1) is 18.8 Å². The first-order valence-corrected chi connectivity index (χ1v) is 6.70. The Balaban J connectivity index is 2.80. The summed E-state index contributed by atoms with van der Waals surface area (Å²) in [5.41, 5.74) is 0.0600. The molecule has 0 saturated carbocycles. The topological polar surface area (TPSA) is 63.5 Å². The van der Waals surface area contributed by atoms with Crippen molar-refractivity contribution in [1.82, 2.24) is 9.88 Å². The van der Waals surface area contributed by atoms with E-state index < -0.39 is 5.54 Å². The number of hydrogen-bond acceptors (Lipinski definition) is 3. The zero-order valence-electron chi connectivity index (χ0n) is 12.0. The summed E-state index contributed by atoms with van der Waals surface area (Å²) in [7, 11) is 1.63. The van der Waals surface area contributed by atoms with E-state index in [1.165, 1.54) is 0 Å². The molecule has 108 valence electrons. The lowest BCUT2D eigenvalue weighted by atomic mass is 9.93. The van der Waals surface area contributed by atoms with Crippen LogP contribution in [0.4, 0.5) is 0 Å². The van der Waals surface area contributed by atoms with Gasteiger partial charge in [0.1, 0.15) is 5.69 Å². The molecule has 0 aliphatic carbocycles. The highest BCUT2D eigenvalue weighted by atomic mass is 16.5. The Morgan fingerprint density at radius 2 is 2.16 bits per heavy atom. The van der Waals surface area contributed by atoms with E-state index in [-0.39, 0.29) is 12.5 Å². The highest BCUT2D eigenvalue weighted by Gasteiger charge is 2.28. The minimum atomic E-state index is -0.534. The number of ether oxygens (including phenoxy) is 1. The molecule has 1 rings (SSSR count). The van der Waals surface area contributed by atoms with Gasteiger partial charge in [0.15, 0.2) is 0 Å². The van der Waals surface area contributed by atoms with E-state index in [2.05, 4.69) is 5.32 Å². The van der Waals surface area contributed by atoms with Crippen molar-refractivity contribution in [2.75, 3.05) is 20.3 Å². The first-order chi connectivity index (χ1) is 9.12. The number of carbonyl (C=O) groups is 1. The van der Waals surface area contributed by atoms with Gasteiger partial charge < -0.3 is 19.7 Å². The van der Waals surface area contributed by atoms with Gasteiger partial charge in [-0.1, -0.05) is 13.8 Å². The van der Waals surface area contributed by atoms with Crippen molar-refractivity contribution >= 4 is 5.91 Å². The van der Waals surface area contributed by atoms with Gasteiger partial charge in [0.25, 0.3) is 5.91 Å². The monoisotopic (exact) mass is 268 g/mol. The molecule has 5 heteroatoms. The number of aliphatic hydroxyl groups is 1. The van der Waals surface area contributed by atoms with E-state index in [1.54, 1.807) is 13.2 Å². The smallest absolute Gasteiger partial charge is 0.268 e. The second kappa shape index (κ2) is 7.31. The van der Waals surface area contributed by atoms with Crippen molar-refractivity contribution in [1.29, 1.82) is 0 Å². The molecule has 0 unspecified atom stereocenters. The third-order valence-corrected chi connectivity index (χ3v) is 3.63. The lowest BCUT2D eigenvalue weighted by molar-refractivity contribution is 0.0806. The van der Waals surface area contributed by atoms with Crippen molar-refractivity contribution in [2.24, 2.45) is 0 Å². The van der Waals surface area contributed by atoms with Gasteiger partial charge in [0, 0.05) is 19.9 Å². The Bertz CT molecular complexity index is 389. The molecule has 1 aromatic rings. The third kappa shape index (κ3) is 3.81. The van der Waals surface area contributed by atoms with Crippen molar-refractivity contribution < 1.29 is 14.6 Å². The molecule has 0 atom stereocenters. The van der Waals surface area contributed by atoms with Crippen LogP contribution < -0.4 is 5.32 Å². The largest absolute Gasteiger partial charge is 0.394 e. The SMILES string of the molecule is CCC(CC)(CO)NC(=O)c1cccn1CCOC. The number of aliphatic hydroxyl groups excluding tert-OH is 1. The van der Waals surface area contributed by atoms with Crippen molar-refractivity contribution in [2.45, 2.75) is 38.8 Å². The fraction of sp³-hybridized carbons (Fsp3) is 0.643. The van der Waals surface area contributed by atoms with Crippen LogP contribution >= 0.6 is 0 Å². The average molecular weight is 268 g/mol. The molecule has 5 nitrogen and oxygen atoms in total. The van der Waals surface area contributed by atoms with E-state index in [4.69, 9.17) is 4.74 Å². The Kier molecular flexibility index (Phi) is 6.05. The number of methoxy groups -OCH3 is 1. The molecule has 2 N–H and O–H groups in total. The fourth-order valence-corrected chi connectivity index (χ4v) is 2.00. The zero-order valence-corrected chi connectivity index (χ0v) is 12.0. The molecule has 1 amide bonds. The zero-order chi connectivity index (χ0) is 14.3. The molecule has 1 aromatic heterocycles. The summed E-state index contributed by atoms with van der Waals surface area (Å²) in [6.45, 7) is 5.07. The van der Waals surface area contributed by atoms with Crippen LogP contribution in [0.3, 0.4) is 0 Å². The van der Waals surface area contributed by atoms with Gasteiger partial charge in [-0.2, -0.15) is 0 Å². The number of nitrogens with one attached hydrogen (secondary N) is 1. The van der Waals surface area contributed by atoms with Crippen LogP contribution in [0.1, 0.15) is 37.2 Å². The molecule has 0 aliphatic rings. The lowest BCUT2D eigenvalue weighted by Gasteiger charge is -2.30. The fourth-order valence-electron chi connectivity index (χ4n) is 2.00. The Morgan fingerprint density at radius 1 is 1.47 bits per heavy atom. The van der Waals surface area contributed by atoms with Crippen LogP contribution in [0, 0.1) is 0 Å². The second-order valence-electron chi connectivity index (χ2n) is 4.68.